The van der Waals surface area contributed by atoms with Gasteiger partial charge in [-0.1, -0.05) is 24.3 Å². The minimum absolute atomic E-state index is 0. The summed E-state index contributed by atoms with van der Waals surface area (Å²) in [6.45, 7) is 0. The predicted octanol–water partition coefficient (Wildman–Crippen LogP) is 1.68. The minimum atomic E-state index is 0. The van der Waals surface area contributed by atoms with Crippen molar-refractivity contribution >= 4 is 12.4 Å². The van der Waals surface area contributed by atoms with Crippen LogP contribution in [0, 0.1) is 0 Å². The fourth-order valence-electron chi connectivity index (χ4n) is 1.89. The Balaban J connectivity index is 0.000000845. The lowest BCUT2D eigenvalue weighted by molar-refractivity contribution is 0.0903. The normalized spacial score (nSPS) is 25.1. The average Bonchev–Trinajstić information content (AvgIpc) is 2.40. The van der Waals surface area contributed by atoms with Crippen LogP contribution in [0.4, 0.5) is 0 Å². The van der Waals surface area contributed by atoms with Gasteiger partial charge < -0.3 is 10.5 Å². The van der Waals surface area contributed by atoms with Gasteiger partial charge in [0.1, 0.15) is 0 Å². The highest BCUT2D eigenvalue weighted by Crippen LogP contribution is 2.32. The van der Waals surface area contributed by atoms with E-state index in [1.54, 1.807) is 7.11 Å². The Morgan fingerprint density at radius 2 is 2.08 bits per heavy atom. The SMILES string of the molecule is CO[C@@H]1c2ccccc2C[C@H]1N.Cl. The monoisotopic (exact) mass is 199 g/mol. The van der Waals surface area contributed by atoms with Crippen LogP contribution >= 0.6 is 12.4 Å². The highest BCUT2D eigenvalue weighted by Gasteiger charge is 2.28. The van der Waals surface area contributed by atoms with E-state index in [4.69, 9.17) is 10.5 Å². The van der Waals surface area contributed by atoms with Gasteiger partial charge in [0.05, 0.1) is 6.10 Å². The Bertz CT molecular complexity index is 290. The van der Waals surface area contributed by atoms with Crippen molar-refractivity contribution in [2.75, 3.05) is 7.11 Å². The van der Waals surface area contributed by atoms with Crippen LogP contribution in [0.3, 0.4) is 0 Å². The topological polar surface area (TPSA) is 35.2 Å². The van der Waals surface area contributed by atoms with Gasteiger partial charge in [-0.05, 0) is 17.5 Å². The lowest BCUT2D eigenvalue weighted by Crippen LogP contribution is -2.25. The number of hydrogen-bond acceptors (Lipinski definition) is 2. The van der Waals surface area contributed by atoms with Crippen LogP contribution in [0.15, 0.2) is 24.3 Å². The van der Waals surface area contributed by atoms with Gasteiger partial charge in [-0.2, -0.15) is 0 Å². The Morgan fingerprint density at radius 1 is 1.38 bits per heavy atom. The third-order valence-electron chi connectivity index (χ3n) is 2.46. The van der Waals surface area contributed by atoms with Gasteiger partial charge in [-0.25, -0.2) is 0 Å². The van der Waals surface area contributed by atoms with Crippen LogP contribution in [0.5, 0.6) is 0 Å². The fraction of sp³-hybridized carbons (Fsp3) is 0.400. The van der Waals surface area contributed by atoms with E-state index in [0.29, 0.717) is 0 Å². The average molecular weight is 200 g/mol. The summed E-state index contributed by atoms with van der Waals surface area (Å²) in [4.78, 5) is 0. The Morgan fingerprint density at radius 3 is 2.77 bits per heavy atom. The number of hydrogen-bond donors (Lipinski definition) is 1. The van der Waals surface area contributed by atoms with Gasteiger partial charge >= 0.3 is 0 Å². The Labute approximate surface area is 84.5 Å². The second-order valence-corrected chi connectivity index (χ2v) is 3.22. The molecule has 0 heterocycles. The Hall–Kier alpha value is -0.570. The quantitative estimate of drug-likeness (QED) is 0.747. The van der Waals surface area contributed by atoms with E-state index in [9.17, 15) is 0 Å². The van der Waals surface area contributed by atoms with Crippen LogP contribution in [-0.2, 0) is 11.2 Å². The number of benzene rings is 1. The van der Waals surface area contributed by atoms with Crippen LogP contribution in [0.25, 0.3) is 0 Å². The maximum Gasteiger partial charge on any atom is 0.0977 e. The molecule has 0 saturated heterocycles. The van der Waals surface area contributed by atoms with Gasteiger partial charge in [0, 0.05) is 13.2 Å². The number of ether oxygens (including phenoxy) is 1. The lowest BCUT2D eigenvalue weighted by Gasteiger charge is -2.13. The summed E-state index contributed by atoms with van der Waals surface area (Å²) >= 11 is 0. The van der Waals surface area contributed by atoms with E-state index in [-0.39, 0.29) is 24.6 Å². The second kappa shape index (κ2) is 4.09. The third-order valence-corrected chi connectivity index (χ3v) is 2.46. The van der Waals surface area contributed by atoms with Crippen LogP contribution in [0.1, 0.15) is 17.2 Å². The smallest absolute Gasteiger partial charge is 0.0977 e. The first-order valence-electron chi connectivity index (χ1n) is 4.19. The van der Waals surface area contributed by atoms with E-state index in [1.165, 1.54) is 11.1 Å². The van der Waals surface area contributed by atoms with Crippen molar-refractivity contribution in [1.29, 1.82) is 0 Å². The zero-order valence-corrected chi connectivity index (χ0v) is 8.38. The molecule has 0 spiro atoms. The van der Waals surface area contributed by atoms with Crippen molar-refractivity contribution in [3.05, 3.63) is 35.4 Å². The number of halogens is 1. The molecule has 2 atom stereocenters. The van der Waals surface area contributed by atoms with E-state index < -0.39 is 0 Å². The molecular weight excluding hydrogens is 186 g/mol. The summed E-state index contributed by atoms with van der Waals surface area (Å²) in [7, 11) is 1.71. The molecule has 0 fully saturated rings. The van der Waals surface area contributed by atoms with Gasteiger partial charge in [-0.15, -0.1) is 12.4 Å². The van der Waals surface area contributed by atoms with E-state index in [1.807, 2.05) is 12.1 Å². The second-order valence-electron chi connectivity index (χ2n) is 3.22. The first-order valence-corrected chi connectivity index (χ1v) is 4.19. The molecular formula is C10H14ClNO. The summed E-state index contributed by atoms with van der Waals surface area (Å²) < 4.78 is 5.32. The predicted molar refractivity (Wildman–Crippen MR) is 55.1 cm³/mol. The summed E-state index contributed by atoms with van der Waals surface area (Å²) in [5, 5.41) is 0. The highest BCUT2D eigenvalue weighted by atomic mass is 35.5. The number of rotatable bonds is 1. The van der Waals surface area contributed by atoms with E-state index in [2.05, 4.69) is 12.1 Å². The Kier molecular flexibility index (Phi) is 3.31. The zero-order chi connectivity index (χ0) is 8.55. The largest absolute Gasteiger partial charge is 0.375 e. The maximum absolute atomic E-state index is 5.91. The molecule has 0 bridgehead atoms. The zero-order valence-electron chi connectivity index (χ0n) is 7.57. The standard InChI is InChI=1S/C10H13NO.ClH/c1-12-10-8-5-3-2-4-7(8)6-9(10)11;/h2-5,9-10H,6,11H2,1H3;1H/t9-,10-;/m1./s1. The van der Waals surface area contributed by atoms with Crippen molar-refractivity contribution in [3.63, 3.8) is 0 Å². The molecule has 3 heteroatoms. The van der Waals surface area contributed by atoms with Crippen LogP contribution < -0.4 is 5.73 Å². The van der Waals surface area contributed by atoms with Crippen LogP contribution in [-0.4, -0.2) is 13.2 Å². The summed E-state index contributed by atoms with van der Waals surface area (Å²) in [6, 6.07) is 8.42. The molecule has 1 aromatic carbocycles. The van der Waals surface area contributed by atoms with Gasteiger partial charge in [-0.3, -0.25) is 0 Å². The molecule has 0 saturated carbocycles. The molecule has 72 valence electrons. The minimum Gasteiger partial charge on any atom is -0.375 e. The molecule has 0 unspecified atom stereocenters. The first kappa shape index (κ1) is 10.5. The first-order chi connectivity index (χ1) is 5.83. The highest BCUT2D eigenvalue weighted by molar-refractivity contribution is 5.85. The number of fused-ring (bicyclic) bond motifs is 1. The molecule has 1 aliphatic carbocycles. The molecule has 0 aromatic heterocycles. The molecule has 0 aliphatic heterocycles. The molecule has 0 radical (unpaired) electrons. The van der Waals surface area contributed by atoms with E-state index >= 15 is 0 Å². The summed E-state index contributed by atoms with van der Waals surface area (Å²) in [5.41, 5.74) is 8.50. The van der Waals surface area contributed by atoms with Gasteiger partial charge in [0.2, 0.25) is 0 Å². The van der Waals surface area contributed by atoms with Crippen molar-refractivity contribution < 1.29 is 4.74 Å². The van der Waals surface area contributed by atoms with Gasteiger partial charge in [0.25, 0.3) is 0 Å². The molecule has 1 aliphatic rings. The molecule has 2 nitrogen and oxygen atoms in total. The van der Waals surface area contributed by atoms with E-state index in [0.717, 1.165) is 6.42 Å². The van der Waals surface area contributed by atoms with Crippen molar-refractivity contribution in [2.45, 2.75) is 18.6 Å². The third kappa shape index (κ3) is 1.70. The number of nitrogens with two attached hydrogens (primary N) is 1. The van der Waals surface area contributed by atoms with Crippen LogP contribution in [0.2, 0.25) is 0 Å². The summed E-state index contributed by atoms with van der Waals surface area (Å²) in [6.07, 6.45) is 1.04. The van der Waals surface area contributed by atoms with Crippen molar-refractivity contribution in [1.82, 2.24) is 0 Å². The maximum atomic E-state index is 5.91. The molecule has 2 rings (SSSR count). The fourth-order valence-corrected chi connectivity index (χ4v) is 1.89. The number of methoxy groups -OCH3 is 1. The molecule has 0 amide bonds. The van der Waals surface area contributed by atoms with Gasteiger partial charge in [0.15, 0.2) is 0 Å². The summed E-state index contributed by atoms with van der Waals surface area (Å²) in [5.74, 6) is 0. The molecule has 2 N–H and O–H groups in total. The molecule has 13 heavy (non-hydrogen) atoms. The van der Waals surface area contributed by atoms with Crippen molar-refractivity contribution in [2.24, 2.45) is 5.73 Å². The lowest BCUT2D eigenvalue weighted by atomic mass is 10.1. The molecule has 1 aromatic rings. The van der Waals surface area contributed by atoms with Crippen molar-refractivity contribution in [3.8, 4) is 0 Å².